The molecule has 1 atom stereocenters. The quantitative estimate of drug-likeness (QED) is 0.148. The van der Waals surface area contributed by atoms with Gasteiger partial charge in [0.05, 0.1) is 20.9 Å². The molecule has 0 aliphatic rings. The molecule has 4 rings (SSSR count). The van der Waals surface area contributed by atoms with E-state index in [9.17, 15) is 26.9 Å². The molecule has 4 aromatic rings. The molecule has 0 spiro atoms. The van der Waals surface area contributed by atoms with E-state index >= 15 is 0 Å². The van der Waals surface area contributed by atoms with Crippen molar-refractivity contribution in [3.8, 4) is 0 Å². The number of nitro benzene ring substituents is 1. The van der Waals surface area contributed by atoms with Gasteiger partial charge in [-0.3, -0.25) is 10.1 Å². The number of rotatable bonds is 11. The highest BCUT2D eigenvalue weighted by molar-refractivity contribution is 7.89. The van der Waals surface area contributed by atoms with Gasteiger partial charge in [0.25, 0.3) is 15.7 Å². The van der Waals surface area contributed by atoms with Crippen molar-refractivity contribution >= 4 is 31.9 Å². The minimum absolute atomic E-state index is 0.0359. The lowest BCUT2D eigenvalue weighted by atomic mass is 10.1. The Labute approximate surface area is 239 Å². The van der Waals surface area contributed by atoms with Crippen molar-refractivity contribution in [1.29, 1.82) is 0 Å². The number of hydrazone groups is 1. The number of benzene rings is 4. The van der Waals surface area contributed by atoms with E-state index in [2.05, 4.69) is 9.82 Å². The standard InChI is InChI=1S/C29H28N4O6S2/c1-22-8-16-27(17-9-22)40(36,37)31-21-29(25-6-4-3-5-7-25)32(41(38,39)28-18-10-23(2)11-19-28)30-20-24-12-14-26(15-13-24)33(34)35/h3-20,29,31H,21H2,1-2H3/b30-20+. The van der Waals surface area contributed by atoms with Gasteiger partial charge in [0.1, 0.15) is 6.04 Å². The number of sulfonamides is 2. The maximum Gasteiger partial charge on any atom is 0.279 e. The summed E-state index contributed by atoms with van der Waals surface area (Å²) in [5.41, 5.74) is 2.53. The summed E-state index contributed by atoms with van der Waals surface area (Å²) >= 11 is 0. The second kappa shape index (κ2) is 12.4. The van der Waals surface area contributed by atoms with E-state index in [1.165, 1.54) is 54.7 Å². The van der Waals surface area contributed by atoms with Gasteiger partial charge in [-0.2, -0.15) is 17.9 Å². The molecule has 0 amide bonds. The van der Waals surface area contributed by atoms with Crippen molar-refractivity contribution in [2.75, 3.05) is 6.54 Å². The molecular formula is C29H28N4O6S2. The van der Waals surface area contributed by atoms with Crippen LogP contribution in [0.4, 0.5) is 5.69 Å². The lowest BCUT2D eigenvalue weighted by Gasteiger charge is -2.29. The molecule has 12 heteroatoms. The van der Waals surface area contributed by atoms with Crippen LogP contribution in [0.3, 0.4) is 0 Å². The zero-order valence-electron chi connectivity index (χ0n) is 22.3. The van der Waals surface area contributed by atoms with Gasteiger partial charge in [-0.1, -0.05) is 65.7 Å². The van der Waals surface area contributed by atoms with E-state index in [4.69, 9.17) is 0 Å². The molecule has 4 aromatic carbocycles. The molecule has 0 radical (unpaired) electrons. The third kappa shape index (κ3) is 7.23. The number of hydrogen-bond donors (Lipinski definition) is 1. The van der Waals surface area contributed by atoms with E-state index in [-0.39, 0.29) is 22.0 Å². The third-order valence-corrected chi connectivity index (χ3v) is 9.39. The number of nitro groups is 1. The molecule has 1 N–H and O–H groups in total. The van der Waals surface area contributed by atoms with Crippen LogP contribution in [0, 0.1) is 24.0 Å². The lowest BCUT2D eigenvalue weighted by molar-refractivity contribution is -0.384. The van der Waals surface area contributed by atoms with E-state index in [1.54, 1.807) is 54.6 Å². The van der Waals surface area contributed by atoms with Crippen LogP contribution in [-0.2, 0) is 20.0 Å². The fourth-order valence-corrected chi connectivity index (χ4v) is 6.36. The van der Waals surface area contributed by atoms with Crippen LogP contribution < -0.4 is 4.72 Å². The molecule has 10 nitrogen and oxygen atoms in total. The number of nitrogens with one attached hydrogen (secondary N) is 1. The van der Waals surface area contributed by atoms with E-state index < -0.39 is 31.0 Å². The van der Waals surface area contributed by atoms with Crippen molar-refractivity contribution in [2.24, 2.45) is 5.10 Å². The summed E-state index contributed by atoms with van der Waals surface area (Å²) in [6.07, 6.45) is 1.26. The summed E-state index contributed by atoms with van der Waals surface area (Å²) in [5, 5.41) is 15.4. The van der Waals surface area contributed by atoms with E-state index in [0.29, 0.717) is 11.1 Å². The number of aryl methyl sites for hydroxylation is 2. The smallest absolute Gasteiger partial charge is 0.258 e. The molecule has 0 fully saturated rings. The molecule has 0 saturated carbocycles. The number of non-ortho nitro benzene ring substituents is 1. The maximum atomic E-state index is 14.0. The molecule has 0 aliphatic carbocycles. The Morgan fingerprint density at radius 2 is 1.34 bits per heavy atom. The van der Waals surface area contributed by atoms with E-state index in [0.717, 1.165) is 15.5 Å². The molecular weight excluding hydrogens is 564 g/mol. The predicted molar refractivity (Wildman–Crippen MR) is 156 cm³/mol. The largest absolute Gasteiger partial charge is 0.279 e. The lowest BCUT2D eigenvalue weighted by Crippen LogP contribution is -2.39. The maximum absolute atomic E-state index is 14.0. The van der Waals surface area contributed by atoms with Gasteiger partial charge in [-0.15, -0.1) is 0 Å². The highest BCUT2D eigenvalue weighted by Crippen LogP contribution is 2.29. The number of nitrogens with zero attached hydrogens (tertiary/aromatic N) is 3. The highest BCUT2D eigenvalue weighted by Gasteiger charge is 2.33. The summed E-state index contributed by atoms with van der Waals surface area (Å²) < 4.78 is 57.7. The monoisotopic (exact) mass is 592 g/mol. The SMILES string of the molecule is Cc1ccc(S(=O)(=O)NCC(c2ccccc2)N(/N=C/c2ccc([N+](=O)[O-])cc2)S(=O)(=O)c2ccc(C)cc2)cc1. The Hall–Kier alpha value is -4.39. The van der Waals surface area contributed by atoms with Gasteiger partial charge in [0, 0.05) is 18.7 Å². The van der Waals surface area contributed by atoms with E-state index in [1.807, 2.05) is 13.8 Å². The van der Waals surface area contributed by atoms with Gasteiger partial charge < -0.3 is 0 Å². The van der Waals surface area contributed by atoms with Crippen LogP contribution in [0.25, 0.3) is 0 Å². The topological polar surface area (TPSA) is 139 Å². The number of hydrogen-bond acceptors (Lipinski definition) is 7. The molecule has 0 saturated heterocycles. The summed E-state index contributed by atoms with van der Waals surface area (Å²) in [6.45, 7) is 3.34. The van der Waals surface area contributed by atoms with Crippen LogP contribution in [0.5, 0.6) is 0 Å². The molecule has 0 aliphatic heterocycles. The second-order valence-electron chi connectivity index (χ2n) is 9.28. The minimum Gasteiger partial charge on any atom is -0.258 e. The predicted octanol–water partition coefficient (Wildman–Crippen LogP) is 4.96. The first-order valence-electron chi connectivity index (χ1n) is 12.5. The zero-order valence-corrected chi connectivity index (χ0v) is 23.9. The Kier molecular flexibility index (Phi) is 8.96. The average Bonchev–Trinajstić information content (AvgIpc) is 2.95. The van der Waals surface area contributed by atoms with Crippen LogP contribution in [0.2, 0.25) is 0 Å². The van der Waals surface area contributed by atoms with Crippen molar-refractivity contribution in [2.45, 2.75) is 29.7 Å². The summed E-state index contributed by atoms with van der Waals surface area (Å²) in [7, 11) is -8.30. The van der Waals surface area contributed by atoms with Crippen molar-refractivity contribution < 1.29 is 21.8 Å². The molecule has 212 valence electrons. The first kappa shape index (κ1) is 29.6. The third-order valence-electron chi connectivity index (χ3n) is 6.24. The minimum atomic E-state index is -4.30. The molecule has 1 unspecified atom stereocenters. The summed E-state index contributed by atoms with van der Waals surface area (Å²) in [5.74, 6) is 0. The summed E-state index contributed by atoms with van der Waals surface area (Å²) in [4.78, 5) is 10.5. The highest BCUT2D eigenvalue weighted by atomic mass is 32.2. The molecule has 41 heavy (non-hydrogen) atoms. The van der Waals surface area contributed by atoms with Crippen molar-refractivity contribution in [3.05, 3.63) is 135 Å². The van der Waals surface area contributed by atoms with Gasteiger partial charge in [-0.25, -0.2) is 13.1 Å². The second-order valence-corrected chi connectivity index (χ2v) is 12.8. The fraction of sp³-hybridized carbons (Fsp3) is 0.138. The summed E-state index contributed by atoms with van der Waals surface area (Å²) in [6, 6.07) is 25.4. The van der Waals surface area contributed by atoms with Crippen molar-refractivity contribution in [3.63, 3.8) is 0 Å². The van der Waals surface area contributed by atoms with Gasteiger partial charge in [0.15, 0.2) is 0 Å². The van der Waals surface area contributed by atoms with Gasteiger partial charge >= 0.3 is 0 Å². The van der Waals surface area contributed by atoms with Crippen LogP contribution in [0.15, 0.2) is 118 Å². The Bertz CT molecular complexity index is 1740. The molecule has 0 aromatic heterocycles. The Balaban J connectivity index is 1.78. The fourth-order valence-electron chi connectivity index (χ4n) is 3.92. The molecule has 0 bridgehead atoms. The van der Waals surface area contributed by atoms with Crippen LogP contribution >= 0.6 is 0 Å². The first-order valence-corrected chi connectivity index (χ1v) is 15.4. The van der Waals surface area contributed by atoms with Crippen LogP contribution in [-0.4, -0.2) is 38.9 Å². The van der Waals surface area contributed by atoms with Gasteiger partial charge in [0.2, 0.25) is 10.0 Å². The average molecular weight is 593 g/mol. The van der Waals surface area contributed by atoms with Gasteiger partial charge in [-0.05, 0) is 61.4 Å². The Morgan fingerprint density at radius 1 is 0.805 bits per heavy atom. The van der Waals surface area contributed by atoms with Crippen molar-refractivity contribution in [1.82, 2.24) is 9.14 Å². The first-order chi connectivity index (χ1) is 19.5. The molecule has 0 heterocycles. The zero-order chi connectivity index (χ0) is 29.6. The Morgan fingerprint density at radius 3 is 1.88 bits per heavy atom. The normalized spacial score (nSPS) is 12.7. The van der Waals surface area contributed by atoms with Crippen LogP contribution in [0.1, 0.15) is 28.3 Å².